The Morgan fingerprint density at radius 2 is 1.90 bits per heavy atom. The zero-order valence-corrected chi connectivity index (χ0v) is 11.2. The lowest BCUT2D eigenvalue weighted by Gasteiger charge is -2.12. The van der Waals surface area contributed by atoms with Gasteiger partial charge in [-0.05, 0) is 36.4 Å². The molecule has 2 rings (SSSR count). The van der Waals surface area contributed by atoms with E-state index in [4.69, 9.17) is 4.74 Å². The highest BCUT2D eigenvalue weighted by Crippen LogP contribution is 2.31. The van der Waals surface area contributed by atoms with Gasteiger partial charge < -0.3 is 15.2 Å². The van der Waals surface area contributed by atoms with Crippen LogP contribution in [0.2, 0.25) is 0 Å². The molecular formula is C15H14F3NO2. The van der Waals surface area contributed by atoms with E-state index in [0.29, 0.717) is 17.0 Å². The van der Waals surface area contributed by atoms with Gasteiger partial charge in [0.15, 0.2) is 0 Å². The van der Waals surface area contributed by atoms with Crippen molar-refractivity contribution in [3.63, 3.8) is 0 Å². The van der Waals surface area contributed by atoms with Crippen molar-refractivity contribution < 1.29 is 23.0 Å². The molecule has 2 aromatic carbocycles. The number of nitrogens with one attached hydrogen (secondary N) is 1. The highest BCUT2D eigenvalue weighted by atomic mass is 19.4. The van der Waals surface area contributed by atoms with Crippen molar-refractivity contribution in [1.29, 1.82) is 0 Å². The lowest BCUT2D eigenvalue weighted by Crippen LogP contribution is -2.06. The Hall–Kier alpha value is -2.37. The van der Waals surface area contributed by atoms with Gasteiger partial charge in [0.05, 0.1) is 12.7 Å². The van der Waals surface area contributed by atoms with Gasteiger partial charge in [-0.2, -0.15) is 13.2 Å². The maximum atomic E-state index is 12.6. The summed E-state index contributed by atoms with van der Waals surface area (Å²) in [6.45, 7) is 0.185. The molecule has 0 aliphatic carbocycles. The first-order valence-electron chi connectivity index (χ1n) is 6.17. The Morgan fingerprint density at radius 1 is 1.14 bits per heavy atom. The lowest BCUT2D eigenvalue weighted by atomic mass is 10.1. The molecule has 0 bridgehead atoms. The van der Waals surface area contributed by atoms with E-state index in [-0.39, 0.29) is 12.3 Å². The number of alkyl halides is 3. The molecule has 0 radical (unpaired) electrons. The predicted octanol–water partition coefficient (Wildman–Crippen LogP) is 4.03. The second-order valence-electron chi connectivity index (χ2n) is 4.43. The van der Waals surface area contributed by atoms with Crippen molar-refractivity contribution in [2.75, 3.05) is 12.4 Å². The summed E-state index contributed by atoms with van der Waals surface area (Å²) < 4.78 is 42.9. The van der Waals surface area contributed by atoms with Gasteiger partial charge in [-0.25, -0.2) is 0 Å². The molecule has 0 aliphatic rings. The summed E-state index contributed by atoms with van der Waals surface area (Å²) in [5, 5.41) is 12.6. The standard InChI is InChI=1S/C15H14F3NO2/c1-21-13-5-6-14(20)10(7-13)9-19-12-4-2-3-11(8-12)15(16,17)18/h2-8,19-20H,9H2,1H3. The first kappa shape index (κ1) is 15.0. The molecule has 0 fully saturated rings. The molecule has 6 heteroatoms. The van der Waals surface area contributed by atoms with Crippen LogP contribution >= 0.6 is 0 Å². The number of ether oxygens (including phenoxy) is 1. The van der Waals surface area contributed by atoms with Crippen LogP contribution in [0, 0.1) is 0 Å². The van der Waals surface area contributed by atoms with Gasteiger partial charge in [-0.3, -0.25) is 0 Å². The monoisotopic (exact) mass is 297 g/mol. The molecule has 0 aromatic heterocycles. The third-order valence-corrected chi connectivity index (χ3v) is 2.96. The van der Waals surface area contributed by atoms with Gasteiger partial charge in [0.2, 0.25) is 0 Å². The van der Waals surface area contributed by atoms with Gasteiger partial charge in [-0.1, -0.05) is 6.07 Å². The average Bonchev–Trinajstić information content (AvgIpc) is 2.46. The SMILES string of the molecule is COc1ccc(O)c(CNc2cccc(C(F)(F)F)c2)c1. The quantitative estimate of drug-likeness (QED) is 0.895. The number of aromatic hydroxyl groups is 1. The van der Waals surface area contributed by atoms with Crippen LogP contribution in [-0.2, 0) is 12.7 Å². The van der Waals surface area contributed by atoms with Gasteiger partial charge >= 0.3 is 6.18 Å². The summed E-state index contributed by atoms with van der Waals surface area (Å²) in [6.07, 6.45) is -4.38. The molecule has 0 atom stereocenters. The van der Waals surface area contributed by atoms with Crippen LogP contribution in [0.1, 0.15) is 11.1 Å². The molecule has 2 N–H and O–H groups in total. The molecule has 2 aromatic rings. The smallest absolute Gasteiger partial charge is 0.416 e. The van der Waals surface area contributed by atoms with Gasteiger partial charge in [0, 0.05) is 17.8 Å². The molecule has 0 aliphatic heterocycles. The summed E-state index contributed by atoms with van der Waals surface area (Å²) in [4.78, 5) is 0. The largest absolute Gasteiger partial charge is 0.508 e. The van der Waals surface area contributed by atoms with Crippen molar-refractivity contribution in [2.24, 2.45) is 0 Å². The molecular weight excluding hydrogens is 283 g/mol. The molecule has 112 valence electrons. The van der Waals surface area contributed by atoms with Crippen molar-refractivity contribution in [1.82, 2.24) is 0 Å². The normalized spacial score (nSPS) is 11.2. The zero-order valence-electron chi connectivity index (χ0n) is 11.2. The highest BCUT2D eigenvalue weighted by molar-refractivity contribution is 5.48. The van der Waals surface area contributed by atoms with Crippen molar-refractivity contribution >= 4 is 5.69 Å². The summed E-state index contributed by atoms with van der Waals surface area (Å²) in [5.41, 5.74) is 0.140. The average molecular weight is 297 g/mol. The third-order valence-electron chi connectivity index (χ3n) is 2.96. The van der Waals surface area contributed by atoms with Gasteiger partial charge in [-0.15, -0.1) is 0 Å². The van der Waals surface area contributed by atoms with Crippen LogP contribution in [0.15, 0.2) is 42.5 Å². The number of benzene rings is 2. The summed E-state index contributed by atoms with van der Waals surface area (Å²) >= 11 is 0. The Morgan fingerprint density at radius 3 is 2.57 bits per heavy atom. The number of hydrogen-bond acceptors (Lipinski definition) is 3. The number of hydrogen-bond donors (Lipinski definition) is 2. The van der Waals surface area contributed by atoms with E-state index in [1.54, 1.807) is 12.1 Å². The first-order chi connectivity index (χ1) is 9.90. The van der Waals surface area contributed by atoms with E-state index in [1.165, 1.54) is 25.3 Å². The molecule has 0 saturated heterocycles. The topological polar surface area (TPSA) is 41.5 Å². The third kappa shape index (κ3) is 3.81. The van der Waals surface area contributed by atoms with E-state index in [9.17, 15) is 18.3 Å². The van der Waals surface area contributed by atoms with Crippen LogP contribution in [0.25, 0.3) is 0 Å². The maximum absolute atomic E-state index is 12.6. The van der Waals surface area contributed by atoms with Crippen molar-refractivity contribution in [3.05, 3.63) is 53.6 Å². The van der Waals surface area contributed by atoms with Crippen LogP contribution in [0.3, 0.4) is 0 Å². The Labute approximate surface area is 120 Å². The Balaban J connectivity index is 2.13. The second kappa shape index (κ2) is 5.95. The number of phenolic OH excluding ortho intramolecular Hbond substituents is 1. The fourth-order valence-corrected chi connectivity index (χ4v) is 1.83. The molecule has 21 heavy (non-hydrogen) atoms. The fraction of sp³-hybridized carbons (Fsp3) is 0.200. The molecule has 3 nitrogen and oxygen atoms in total. The minimum atomic E-state index is -4.38. The van der Waals surface area contributed by atoms with E-state index < -0.39 is 11.7 Å². The van der Waals surface area contributed by atoms with E-state index in [0.717, 1.165) is 12.1 Å². The van der Waals surface area contributed by atoms with Crippen molar-refractivity contribution in [3.8, 4) is 11.5 Å². The van der Waals surface area contributed by atoms with Gasteiger partial charge in [0.25, 0.3) is 0 Å². The van der Waals surface area contributed by atoms with E-state index in [1.807, 2.05) is 0 Å². The fourth-order valence-electron chi connectivity index (χ4n) is 1.83. The lowest BCUT2D eigenvalue weighted by molar-refractivity contribution is -0.137. The Kier molecular flexibility index (Phi) is 4.26. The minimum Gasteiger partial charge on any atom is -0.508 e. The molecule has 0 heterocycles. The summed E-state index contributed by atoms with van der Waals surface area (Å²) in [5.74, 6) is 0.615. The van der Waals surface area contributed by atoms with Crippen LogP contribution < -0.4 is 10.1 Å². The van der Waals surface area contributed by atoms with Crippen LogP contribution in [0.4, 0.5) is 18.9 Å². The summed E-state index contributed by atoms with van der Waals surface area (Å²) in [7, 11) is 1.50. The number of methoxy groups -OCH3 is 1. The highest BCUT2D eigenvalue weighted by Gasteiger charge is 2.30. The van der Waals surface area contributed by atoms with E-state index in [2.05, 4.69) is 5.32 Å². The predicted molar refractivity (Wildman–Crippen MR) is 73.4 cm³/mol. The molecule has 0 amide bonds. The molecule has 0 spiro atoms. The van der Waals surface area contributed by atoms with Gasteiger partial charge in [0.1, 0.15) is 11.5 Å². The first-order valence-corrected chi connectivity index (χ1v) is 6.17. The Bertz CT molecular complexity index is 627. The molecule has 0 unspecified atom stereocenters. The number of phenols is 1. The van der Waals surface area contributed by atoms with Crippen molar-refractivity contribution in [2.45, 2.75) is 12.7 Å². The van der Waals surface area contributed by atoms with E-state index >= 15 is 0 Å². The minimum absolute atomic E-state index is 0.0512. The zero-order chi connectivity index (χ0) is 15.5. The number of rotatable bonds is 4. The number of anilines is 1. The summed E-state index contributed by atoms with van der Waals surface area (Å²) in [6, 6.07) is 9.59. The van der Waals surface area contributed by atoms with Crippen LogP contribution in [-0.4, -0.2) is 12.2 Å². The second-order valence-corrected chi connectivity index (χ2v) is 4.43. The maximum Gasteiger partial charge on any atom is 0.416 e. The van der Waals surface area contributed by atoms with Crippen LogP contribution in [0.5, 0.6) is 11.5 Å². The molecule has 0 saturated carbocycles. The number of halogens is 3.